The van der Waals surface area contributed by atoms with Gasteiger partial charge in [-0.25, -0.2) is 0 Å². The van der Waals surface area contributed by atoms with E-state index in [-0.39, 0.29) is 5.91 Å². The van der Waals surface area contributed by atoms with Crippen LogP contribution in [0.3, 0.4) is 0 Å². The van der Waals surface area contributed by atoms with E-state index in [2.05, 4.69) is 5.43 Å². The summed E-state index contributed by atoms with van der Waals surface area (Å²) in [5.74, 6) is -0.231. The van der Waals surface area contributed by atoms with Crippen LogP contribution in [0.25, 0.3) is 0 Å². The quantitative estimate of drug-likeness (QED) is 0.839. The van der Waals surface area contributed by atoms with Gasteiger partial charge in [-0.05, 0) is 24.6 Å². The molecule has 2 rings (SSSR count). The minimum Gasteiger partial charge on any atom is -0.316 e. The SMILES string of the molecule is Cc1ccc(C(N)C(=O)Nn2cccc2)cc1. The molecule has 0 aliphatic heterocycles. The maximum Gasteiger partial charge on any atom is 0.260 e. The van der Waals surface area contributed by atoms with Crippen LogP contribution in [-0.4, -0.2) is 10.6 Å². The summed E-state index contributed by atoms with van der Waals surface area (Å²) in [7, 11) is 0. The van der Waals surface area contributed by atoms with Crippen LogP contribution in [0.4, 0.5) is 0 Å². The van der Waals surface area contributed by atoms with Crippen LogP contribution in [0.1, 0.15) is 17.2 Å². The minimum atomic E-state index is -0.655. The smallest absolute Gasteiger partial charge is 0.260 e. The first-order valence-corrected chi connectivity index (χ1v) is 5.43. The van der Waals surface area contributed by atoms with Gasteiger partial charge in [0.25, 0.3) is 5.91 Å². The van der Waals surface area contributed by atoms with Gasteiger partial charge in [0.15, 0.2) is 0 Å². The number of carbonyl (C=O) groups excluding carboxylic acids is 1. The summed E-state index contributed by atoms with van der Waals surface area (Å²) >= 11 is 0. The zero-order chi connectivity index (χ0) is 12.3. The molecule has 1 atom stereocenters. The number of nitrogens with one attached hydrogen (secondary N) is 1. The van der Waals surface area contributed by atoms with Gasteiger partial charge in [-0.2, -0.15) is 0 Å². The summed E-state index contributed by atoms with van der Waals surface area (Å²) in [5, 5.41) is 0. The molecule has 0 aliphatic carbocycles. The Bertz CT molecular complexity index is 488. The first-order chi connectivity index (χ1) is 8.16. The maximum atomic E-state index is 11.8. The van der Waals surface area contributed by atoms with E-state index >= 15 is 0 Å². The molecule has 1 unspecified atom stereocenters. The van der Waals surface area contributed by atoms with Crippen molar-refractivity contribution in [1.29, 1.82) is 0 Å². The molecule has 1 amide bonds. The summed E-state index contributed by atoms with van der Waals surface area (Å²) in [6.45, 7) is 2.00. The molecule has 1 aromatic carbocycles. The van der Waals surface area contributed by atoms with Gasteiger partial charge in [0.05, 0.1) is 0 Å². The van der Waals surface area contributed by atoms with Gasteiger partial charge < -0.3 is 5.73 Å². The highest BCUT2D eigenvalue weighted by Crippen LogP contribution is 2.11. The molecule has 0 spiro atoms. The largest absolute Gasteiger partial charge is 0.316 e. The number of carbonyl (C=O) groups is 1. The Morgan fingerprint density at radius 2 is 1.82 bits per heavy atom. The van der Waals surface area contributed by atoms with E-state index in [1.807, 2.05) is 43.3 Å². The van der Waals surface area contributed by atoms with Crippen LogP contribution in [0.15, 0.2) is 48.8 Å². The van der Waals surface area contributed by atoms with Crippen molar-refractivity contribution < 1.29 is 4.79 Å². The van der Waals surface area contributed by atoms with E-state index in [0.29, 0.717) is 0 Å². The molecular formula is C13H15N3O. The molecule has 3 N–H and O–H groups in total. The molecular weight excluding hydrogens is 214 g/mol. The number of hydrogen-bond acceptors (Lipinski definition) is 2. The highest BCUT2D eigenvalue weighted by atomic mass is 16.2. The van der Waals surface area contributed by atoms with E-state index < -0.39 is 6.04 Å². The zero-order valence-electron chi connectivity index (χ0n) is 9.63. The number of hydrogen-bond donors (Lipinski definition) is 2. The Balaban J connectivity index is 2.07. The average Bonchev–Trinajstić information content (AvgIpc) is 2.82. The third kappa shape index (κ3) is 2.73. The van der Waals surface area contributed by atoms with Crippen LogP contribution < -0.4 is 11.2 Å². The third-order valence-corrected chi connectivity index (χ3v) is 2.56. The normalized spacial score (nSPS) is 12.1. The Hall–Kier alpha value is -2.07. The second-order valence-corrected chi connectivity index (χ2v) is 3.95. The van der Waals surface area contributed by atoms with Crippen LogP contribution in [0, 0.1) is 6.92 Å². The summed E-state index contributed by atoms with van der Waals surface area (Å²) < 4.78 is 1.58. The molecule has 4 heteroatoms. The zero-order valence-corrected chi connectivity index (χ0v) is 9.63. The van der Waals surface area contributed by atoms with Crippen molar-refractivity contribution in [2.75, 3.05) is 5.43 Å². The number of rotatable bonds is 3. The Morgan fingerprint density at radius 1 is 1.24 bits per heavy atom. The van der Waals surface area contributed by atoms with Gasteiger partial charge in [0.2, 0.25) is 0 Å². The fraction of sp³-hybridized carbons (Fsp3) is 0.154. The van der Waals surface area contributed by atoms with Crippen molar-refractivity contribution in [3.8, 4) is 0 Å². The van der Waals surface area contributed by atoms with Crippen molar-refractivity contribution in [1.82, 2.24) is 4.68 Å². The van der Waals surface area contributed by atoms with Crippen molar-refractivity contribution in [3.63, 3.8) is 0 Å². The van der Waals surface area contributed by atoms with E-state index in [1.165, 1.54) is 0 Å². The lowest BCUT2D eigenvalue weighted by Gasteiger charge is -2.13. The minimum absolute atomic E-state index is 0.231. The van der Waals surface area contributed by atoms with Crippen LogP contribution in [0.2, 0.25) is 0 Å². The Morgan fingerprint density at radius 3 is 2.41 bits per heavy atom. The maximum absolute atomic E-state index is 11.8. The molecule has 0 aliphatic rings. The van der Waals surface area contributed by atoms with E-state index in [1.54, 1.807) is 17.1 Å². The molecule has 4 nitrogen and oxygen atoms in total. The highest BCUT2D eigenvalue weighted by Gasteiger charge is 2.15. The summed E-state index contributed by atoms with van der Waals surface area (Å²) in [5.41, 5.74) is 10.5. The van der Waals surface area contributed by atoms with Crippen LogP contribution in [0.5, 0.6) is 0 Å². The van der Waals surface area contributed by atoms with Gasteiger partial charge >= 0.3 is 0 Å². The summed E-state index contributed by atoms with van der Waals surface area (Å²) in [6.07, 6.45) is 3.50. The molecule has 0 radical (unpaired) electrons. The second-order valence-electron chi connectivity index (χ2n) is 3.95. The van der Waals surface area contributed by atoms with Crippen LogP contribution in [-0.2, 0) is 4.79 Å². The first-order valence-electron chi connectivity index (χ1n) is 5.43. The lowest BCUT2D eigenvalue weighted by Crippen LogP contribution is -2.32. The summed E-state index contributed by atoms with van der Waals surface area (Å²) in [6, 6.07) is 10.6. The number of amides is 1. The van der Waals surface area contributed by atoms with Gasteiger partial charge in [-0.3, -0.25) is 14.9 Å². The monoisotopic (exact) mass is 229 g/mol. The van der Waals surface area contributed by atoms with Crippen molar-refractivity contribution >= 4 is 5.91 Å². The predicted octanol–water partition coefficient (Wildman–Crippen LogP) is 1.57. The highest BCUT2D eigenvalue weighted by molar-refractivity contribution is 5.89. The third-order valence-electron chi connectivity index (χ3n) is 2.56. The Kier molecular flexibility index (Phi) is 3.25. The lowest BCUT2D eigenvalue weighted by atomic mass is 10.1. The molecule has 0 saturated heterocycles. The summed E-state index contributed by atoms with van der Waals surface area (Å²) in [4.78, 5) is 11.8. The average molecular weight is 229 g/mol. The van der Waals surface area contributed by atoms with Crippen molar-refractivity contribution in [3.05, 3.63) is 59.9 Å². The van der Waals surface area contributed by atoms with Crippen molar-refractivity contribution in [2.45, 2.75) is 13.0 Å². The molecule has 0 saturated carbocycles. The molecule has 1 heterocycles. The number of benzene rings is 1. The van der Waals surface area contributed by atoms with Gasteiger partial charge in [0.1, 0.15) is 6.04 Å². The van der Waals surface area contributed by atoms with Gasteiger partial charge in [0, 0.05) is 12.4 Å². The number of aromatic nitrogens is 1. The van der Waals surface area contributed by atoms with Crippen LogP contribution >= 0.6 is 0 Å². The Labute approximate surface area is 100 Å². The van der Waals surface area contributed by atoms with Crippen molar-refractivity contribution in [2.24, 2.45) is 5.73 Å². The van der Waals surface area contributed by atoms with E-state index in [9.17, 15) is 4.79 Å². The second kappa shape index (κ2) is 4.84. The molecule has 0 fully saturated rings. The van der Waals surface area contributed by atoms with Gasteiger partial charge in [-0.15, -0.1) is 0 Å². The fourth-order valence-corrected chi connectivity index (χ4v) is 1.53. The first kappa shape index (κ1) is 11.4. The molecule has 1 aromatic heterocycles. The molecule has 2 aromatic rings. The molecule has 0 bridgehead atoms. The fourth-order valence-electron chi connectivity index (χ4n) is 1.53. The van der Waals surface area contributed by atoms with E-state index in [0.717, 1.165) is 11.1 Å². The lowest BCUT2D eigenvalue weighted by molar-refractivity contribution is -0.118. The topological polar surface area (TPSA) is 60.1 Å². The van der Waals surface area contributed by atoms with E-state index in [4.69, 9.17) is 5.73 Å². The predicted molar refractivity (Wildman–Crippen MR) is 66.9 cm³/mol. The van der Waals surface area contributed by atoms with Gasteiger partial charge in [-0.1, -0.05) is 29.8 Å². The number of nitrogens with zero attached hydrogens (tertiary/aromatic N) is 1. The standard InChI is InChI=1S/C13H15N3O/c1-10-4-6-11(7-5-10)12(14)13(17)15-16-8-2-3-9-16/h2-9,12H,14H2,1H3,(H,15,17). The number of nitrogens with two attached hydrogens (primary N) is 1. The molecule has 17 heavy (non-hydrogen) atoms. The number of aryl methyl sites for hydroxylation is 1. The molecule has 88 valence electrons.